The van der Waals surface area contributed by atoms with Gasteiger partial charge in [-0.2, -0.15) is 0 Å². The summed E-state index contributed by atoms with van der Waals surface area (Å²) in [6, 6.07) is 7.75. The van der Waals surface area contributed by atoms with E-state index in [0.717, 1.165) is 30.8 Å². The topological polar surface area (TPSA) is 44.5 Å². The maximum atomic E-state index is 5.75. The monoisotopic (exact) mass is 231 g/mol. The van der Waals surface area contributed by atoms with Gasteiger partial charge in [0.05, 0.1) is 18.2 Å². The maximum Gasteiger partial charge on any atom is 0.135 e. The first kappa shape index (κ1) is 12.0. The first-order valence-corrected chi connectivity index (χ1v) is 5.92. The number of hydrogen-bond acceptors (Lipinski definition) is 3. The van der Waals surface area contributed by atoms with Gasteiger partial charge in [-0.05, 0) is 25.0 Å². The van der Waals surface area contributed by atoms with Crippen molar-refractivity contribution in [3.63, 3.8) is 0 Å². The third-order valence-electron chi connectivity index (χ3n) is 2.66. The molecule has 2 rings (SSSR count). The van der Waals surface area contributed by atoms with Gasteiger partial charge in [0.1, 0.15) is 12.4 Å². The van der Waals surface area contributed by atoms with Crippen molar-refractivity contribution in [2.75, 3.05) is 19.8 Å². The van der Waals surface area contributed by atoms with Gasteiger partial charge in [0, 0.05) is 6.61 Å². The van der Waals surface area contributed by atoms with Crippen molar-refractivity contribution in [1.29, 1.82) is 0 Å². The first-order chi connectivity index (χ1) is 8.40. The molecule has 3 heteroatoms. The van der Waals surface area contributed by atoms with Gasteiger partial charge in [-0.15, -0.1) is 0 Å². The highest BCUT2D eigenvalue weighted by Crippen LogP contribution is 2.19. The molecule has 0 amide bonds. The fraction of sp³-hybridized carbons (Fsp3) is 0.429. The van der Waals surface area contributed by atoms with Crippen LogP contribution >= 0.6 is 0 Å². The molecular formula is C14H17NO2. The summed E-state index contributed by atoms with van der Waals surface area (Å²) in [5.74, 6) is 6.66. The van der Waals surface area contributed by atoms with Crippen LogP contribution in [-0.2, 0) is 4.74 Å². The minimum absolute atomic E-state index is 0.227. The minimum atomic E-state index is 0.227. The van der Waals surface area contributed by atoms with Crippen molar-refractivity contribution < 1.29 is 9.47 Å². The Hall–Kier alpha value is -1.50. The van der Waals surface area contributed by atoms with Crippen LogP contribution in [0.3, 0.4) is 0 Å². The molecule has 3 nitrogen and oxygen atoms in total. The summed E-state index contributed by atoms with van der Waals surface area (Å²) in [5, 5.41) is 0. The molecule has 0 saturated carbocycles. The lowest BCUT2D eigenvalue weighted by atomic mass is 10.2. The zero-order valence-electron chi connectivity index (χ0n) is 9.82. The Labute approximate surface area is 102 Å². The van der Waals surface area contributed by atoms with Crippen LogP contribution in [0.1, 0.15) is 18.4 Å². The summed E-state index contributed by atoms with van der Waals surface area (Å²) in [4.78, 5) is 0. The lowest BCUT2D eigenvalue weighted by Crippen LogP contribution is -2.16. The molecule has 2 N–H and O–H groups in total. The number of benzene rings is 1. The van der Waals surface area contributed by atoms with Crippen LogP contribution < -0.4 is 10.5 Å². The average molecular weight is 231 g/mol. The number of para-hydroxylation sites is 1. The smallest absolute Gasteiger partial charge is 0.135 e. The Kier molecular flexibility index (Phi) is 4.43. The van der Waals surface area contributed by atoms with Crippen LogP contribution in [-0.4, -0.2) is 25.9 Å². The van der Waals surface area contributed by atoms with E-state index in [9.17, 15) is 0 Å². The molecule has 1 heterocycles. The van der Waals surface area contributed by atoms with Crippen molar-refractivity contribution in [2.24, 2.45) is 5.73 Å². The number of hydrogen-bond donors (Lipinski definition) is 1. The molecule has 1 fully saturated rings. The minimum Gasteiger partial charge on any atom is -0.490 e. The quantitative estimate of drug-likeness (QED) is 0.803. The fourth-order valence-corrected chi connectivity index (χ4v) is 1.80. The number of ether oxygens (including phenoxy) is 2. The largest absolute Gasteiger partial charge is 0.490 e. The van der Waals surface area contributed by atoms with Gasteiger partial charge < -0.3 is 15.2 Å². The summed E-state index contributed by atoms with van der Waals surface area (Å²) >= 11 is 0. The lowest BCUT2D eigenvalue weighted by Gasteiger charge is -2.12. The number of rotatable bonds is 3. The summed E-state index contributed by atoms with van der Waals surface area (Å²) in [5.41, 5.74) is 6.25. The van der Waals surface area contributed by atoms with Gasteiger partial charge in [0.15, 0.2) is 0 Å². The SMILES string of the molecule is NCC#Cc1ccccc1OCC1CCCO1. The Bertz CT molecular complexity index is 414. The van der Waals surface area contributed by atoms with Gasteiger partial charge in [-0.3, -0.25) is 0 Å². The maximum absolute atomic E-state index is 5.75. The zero-order valence-corrected chi connectivity index (χ0v) is 9.82. The van der Waals surface area contributed by atoms with Crippen molar-refractivity contribution in [1.82, 2.24) is 0 Å². The van der Waals surface area contributed by atoms with E-state index in [-0.39, 0.29) is 6.10 Å². The molecule has 0 aromatic heterocycles. The summed E-state index contributed by atoms with van der Waals surface area (Å²) in [6.07, 6.45) is 2.43. The van der Waals surface area contributed by atoms with E-state index in [1.54, 1.807) is 0 Å². The van der Waals surface area contributed by atoms with Crippen molar-refractivity contribution in [2.45, 2.75) is 18.9 Å². The van der Waals surface area contributed by atoms with E-state index < -0.39 is 0 Å². The molecule has 1 aromatic rings. The molecule has 0 aliphatic carbocycles. The second kappa shape index (κ2) is 6.29. The predicted molar refractivity (Wildman–Crippen MR) is 66.8 cm³/mol. The van der Waals surface area contributed by atoms with Crippen LogP contribution in [0, 0.1) is 11.8 Å². The van der Waals surface area contributed by atoms with Gasteiger partial charge in [-0.25, -0.2) is 0 Å². The lowest BCUT2D eigenvalue weighted by molar-refractivity contribution is 0.0678. The van der Waals surface area contributed by atoms with E-state index >= 15 is 0 Å². The summed E-state index contributed by atoms with van der Waals surface area (Å²) in [7, 11) is 0. The average Bonchev–Trinajstić information content (AvgIpc) is 2.88. The molecule has 1 aromatic carbocycles. The molecular weight excluding hydrogens is 214 g/mol. The van der Waals surface area contributed by atoms with Gasteiger partial charge in [0.2, 0.25) is 0 Å². The van der Waals surface area contributed by atoms with Gasteiger partial charge in [-0.1, -0.05) is 24.0 Å². The highest BCUT2D eigenvalue weighted by atomic mass is 16.5. The van der Waals surface area contributed by atoms with E-state index in [1.807, 2.05) is 24.3 Å². The van der Waals surface area contributed by atoms with Crippen molar-refractivity contribution in [3.8, 4) is 17.6 Å². The third-order valence-corrected chi connectivity index (χ3v) is 2.66. The molecule has 0 spiro atoms. The van der Waals surface area contributed by atoms with Crippen LogP contribution in [0.15, 0.2) is 24.3 Å². The van der Waals surface area contributed by atoms with E-state index in [2.05, 4.69) is 11.8 Å². The van der Waals surface area contributed by atoms with Crippen LogP contribution in [0.2, 0.25) is 0 Å². The molecule has 90 valence electrons. The third kappa shape index (κ3) is 3.48. The standard InChI is InChI=1S/C14H17NO2/c15-9-3-6-12-5-1-2-8-14(12)17-11-13-7-4-10-16-13/h1-2,5,8,13H,4,7,9-11,15H2. The van der Waals surface area contributed by atoms with Gasteiger partial charge in [0.25, 0.3) is 0 Å². The highest BCUT2D eigenvalue weighted by Gasteiger charge is 2.16. The molecule has 17 heavy (non-hydrogen) atoms. The van der Waals surface area contributed by atoms with E-state index in [4.69, 9.17) is 15.2 Å². The predicted octanol–water partition coefficient (Wildman–Crippen LogP) is 1.55. The first-order valence-electron chi connectivity index (χ1n) is 5.92. The normalized spacial score (nSPS) is 18.5. The highest BCUT2D eigenvalue weighted by molar-refractivity contribution is 5.45. The molecule has 1 aliphatic heterocycles. The Morgan fingerprint density at radius 3 is 3.06 bits per heavy atom. The molecule has 1 unspecified atom stereocenters. The van der Waals surface area contributed by atoms with E-state index in [1.165, 1.54) is 0 Å². The molecule has 1 aliphatic rings. The summed E-state index contributed by atoms with van der Waals surface area (Å²) < 4.78 is 11.3. The Balaban J connectivity index is 1.98. The molecule has 1 saturated heterocycles. The Morgan fingerprint density at radius 1 is 1.41 bits per heavy atom. The van der Waals surface area contributed by atoms with Crippen molar-refractivity contribution >= 4 is 0 Å². The molecule has 0 bridgehead atoms. The van der Waals surface area contributed by atoms with Crippen LogP contribution in [0.4, 0.5) is 0 Å². The van der Waals surface area contributed by atoms with E-state index in [0.29, 0.717) is 13.2 Å². The fourth-order valence-electron chi connectivity index (χ4n) is 1.80. The van der Waals surface area contributed by atoms with Crippen molar-refractivity contribution in [3.05, 3.63) is 29.8 Å². The second-order valence-corrected chi connectivity index (χ2v) is 3.95. The van der Waals surface area contributed by atoms with Crippen LogP contribution in [0.25, 0.3) is 0 Å². The zero-order chi connectivity index (χ0) is 11.9. The molecule has 1 atom stereocenters. The second-order valence-electron chi connectivity index (χ2n) is 3.95. The molecule has 0 radical (unpaired) electrons. The Morgan fingerprint density at radius 2 is 2.29 bits per heavy atom. The number of nitrogens with two attached hydrogens (primary N) is 1. The van der Waals surface area contributed by atoms with Gasteiger partial charge >= 0.3 is 0 Å². The summed E-state index contributed by atoms with van der Waals surface area (Å²) in [6.45, 7) is 1.81. The van der Waals surface area contributed by atoms with Crippen LogP contribution in [0.5, 0.6) is 5.75 Å².